The Morgan fingerprint density at radius 2 is 2.33 bits per heavy atom. The highest BCUT2D eigenvalue weighted by atomic mass is 32.2. The third-order valence-corrected chi connectivity index (χ3v) is 4.77. The van der Waals surface area contributed by atoms with Crippen LogP contribution in [0.4, 0.5) is 0 Å². The van der Waals surface area contributed by atoms with Gasteiger partial charge in [-0.3, -0.25) is 0 Å². The third-order valence-electron chi connectivity index (χ3n) is 3.39. The van der Waals surface area contributed by atoms with Gasteiger partial charge in [-0.15, -0.1) is 0 Å². The van der Waals surface area contributed by atoms with Crippen LogP contribution in [0.3, 0.4) is 0 Å². The van der Waals surface area contributed by atoms with Crippen LogP contribution in [-0.4, -0.2) is 35.3 Å². The largest absolute Gasteiger partial charge is 0.396 e. The monoisotopic (exact) mass is 231 g/mol. The van der Waals surface area contributed by atoms with E-state index in [0.717, 1.165) is 18.2 Å². The Balaban J connectivity index is 2.21. The topological polar surface area (TPSA) is 32.3 Å². The molecular formula is C12H25NOS. The van der Waals surface area contributed by atoms with Gasteiger partial charge in [-0.05, 0) is 37.5 Å². The molecule has 0 spiro atoms. The molecular weight excluding hydrogens is 206 g/mol. The standard InChI is InChI=1S/C12H25NOS/c1-3-11(6-7-14)9-13-12-5-4-8-15-10(12)2/h10-14H,3-9H2,1-2H3. The molecule has 1 rings (SSSR count). The van der Waals surface area contributed by atoms with Crippen molar-refractivity contribution in [1.29, 1.82) is 0 Å². The normalized spacial score (nSPS) is 29.0. The highest BCUT2D eigenvalue weighted by molar-refractivity contribution is 7.99. The van der Waals surface area contributed by atoms with Crippen LogP contribution in [0.25, 0.3) is 0 Å². The number of nitrogens with one attached hydrogen (secondary N) is 1. The van der Waals surface area contributed by atoms with Crippen LogP contribution in [0, 0.1) is 5.92 Å². The lowest BCUT2D eigenvalue weighted by molar-refractivity contribution is 0.247. The van der Waals surface area contributed by atoms with Crippen molar-refractivity contribution in [3.8, 4) is 0 Å². The number of hydrogen-bond donors (Lipinski definition) is 2. The summed E-state index contributed by atoms with van der Waals surface area (Å²) < 4.78 is 0. The lowest BCUT2D eigenvalue weighted by Crippen LogP contribution is -2.41. The smallest absolute Gasteiger partial charge is 0.0434 e. The minimum absolute atomic E-state index is 0.329. The molecule has 1 heterocycles. The van der Waals surface area contributed by atoms with E-state index < -0.39 is 0 Å². The van der Waals surface area contributed by atoms with Gasteiger partial charge in [0.25, 0.3) is 0 Å². The molecule has 15 heavy (non-hydrogen) atoms. The molecule has 0 aromatic heterocycles. The summed E-state index contributed by atoms with van der Waals surface area (Å²) in [5.74, 6) is 1.97. The Labute approximate surface area is 98.2 Å². The third kappa shape index (κ3) is 4.75. The average Bonchev–Trinajstić information content (AvgIpc) is 2.26. The minimum atomic E-state index is 0.329. The van der Waals surface area contributed by atoms with E-state index in [4.69, 9.17) is 5.11 Å². The quantitative estimate of drug-likeness (QED) is 0.735. The molecule has 1 saturated heterocycles. The molecule has 90 valence electrons. The van der Waals surface area contributed by atoms with Gasteiger partial charge in [0.2, 0.25) is 0 Å². The van der Waals surface area contributed by atoms with Crippen molar-refractivity contribution in [3.63, 3.8) is 0 Å². The zero-order valence-corrected chi connectivity index (χ0v) is 10.9. The van der Waals surface area contributed by atoms with Crippen LogP contribution >= 0.6 is 11.8 Å². The van der Waals surface area contributed by atoms with Crippen LogP contribution in [0.2, 0.25) is 0 Å². The Morgan fingerprint density at radius 3 is 2.93 bits per heavy atom. The molecule has 0 radical (unpaired) electrons. The number of thioether (sulfide) groups is 1. The minimum Gasteiger partial charge on any atom is -0.396 e. The first-order chi connectivity index (χ1) is 7.27. The number of aliphatic hydroxyl groups excluding tert-OH is 1. The average molecular weight is 231 g/mol. The second-order valence-corrected chi connectivity index (χ2v) is 6.00. The number of rotatable bonds is 6. The number of hydrogen-bond acceptors (Lipinski definition) is 3. The Morgan fingerprint density at radius 1 is 1.53 bits per heavy atom. The molecule has 1 aliphatic rings. The van der Waals surface area contributed by atoms with Crippen molar-refractivity contribution in [2.75, 3.05) is 18.9 Å². The van der Waals surface area contributed by atoms with Crippen molar-refractivity contribution in [2.45, 2.75) is 50.8 Å². The summed E-state index contributed by atoms with van der Waals surface area (Å²) in [4.78, 5) is 0. The summed E-state index contributed by atoms with van der Waals surface area (Å²) in [6.07, 6.45) is 4.78. The van der Waals surface area contributed by atoms with Gasteiger partial charge in [0, 0.05) is 17.9 Å². The van der Waals surface area contributed by atoms with Gasteiger partial charge in [-0.1, -0.05) is 20.3 Å². The van der Waals surface area contributed by atoms with Crippen molar-refractivity contribution in [3.05, 3.63) is 0 Å². The van der Waals surface area contributed by atoms with E-state index in [2.05, 4.69) is 30.9 Å². The molecule has 0 bridgehead atoms. The Hall–Kier alpha value is 0.270. The summed E-state index contributed by atoms with van der Waals surface area (Å²) in [6.45, 7) is 5.94. The van der Waals surface area contributed by atoms with Crippen LogP contribution in [-0.2, 0) is 0 Å². The predicted molar refractivity (Wildman–Crippen MR) is 68.4 cm³/mol. The fraction of sp³-hybridized carbons (Fsp3) is 1.00. The van der Waals surface area contributed by atoms with Gasteiger partial charge in [0.1, 0.15) is 0 Å². The fourth-order valence-corrected chi connectivity index (χ4v) is 3.31. The van der Waals surface area contributed by atoms with Crippen molar-refractivity contribution in [1.82, 2.24) is 5.32 Å². The molecule has 2 nitrogen and oxygen atoms in total. The van der Waals surface area contributed by atoms with Crippen LogP contribution < -0.4 is 5.32 Å². The lowest BCUT2D eigenvalue weighted by atomic mass is 10.0. The SMILES string of the molecule is CCC(CCO)CNC1CCCSC1C. The summed E-state index contributed by atoms with van der Waals surface area (Å²) in [5.41, 5.74) is 0. The van der Waals surface area contributed by atoms with Crippen LogP contribution in [0.1, 0.15) is 39.5 Å². The molecule has 0 aliphatic carbocycles. The highest BCUT2D eigenvalue weighted by Gasteiger charge is 2.21. The van der Waals surface area contributed by atoms with Crippen molar-refractivity contribution in [2.24, 2.45) is 5.92 Å². The maximum Gasteiger partial charge on any atom is 0.0434 e. The zero-order chi connectivity index (χ0) is 11.1. The summed E-state index contributed by atoms with van der Waals surface area (Å²) in [6, 6.07) is 0.691. The molecule has 0 amide bonds. The Bertz CT molecular complexity index is 166. The molecule has 1 fully saturated rings. The van der Waals surface area contributed by atoms with E-state index in [9.17, 15) is 0 Å². The second kappa shape index (κ2) is 7.53. The van der Waals surface area contributed by atoms with E-state index in [1.807, 2.05) is 0 Å². The lowest BCUT2D eigenvalue weighted by Gasteiger charge is -2.30. The van der Waals surface area contributed by atoms with Gasteiger partial charge in [0.15, 0.2) is 0 Å². The molecule has 0 aromatic rings. The maximum absolute atomic E-state index is 8.92. The first kappa shape index (κ1) is 13.3. The van der Waals surface area contributed by atoms with Gasteiger partial charge in [-0.25, -0.2) is 0 Å². The molecule has 1 aliphatic heterocycles. The van der Waals surface area contributed by atoms with E-state index in [0.29, 0.717) is 18.6 Å². The van der Waals surface area contributed by atoms with Crippen molar-refractivity contribution < 1.29 is 5.11 Å². The van der Waals surface area contributed by atoms with Gasteiger partial charge < -0.3 is 10.4 Å². The van der Waals surface area contributed by atoms with Crippen LogP contribution in [0.5, 0.6) is 0 Å². The Kier molecular flexibility index (Phi) is 6.69. The van der Waals surface area contributed by atoms with E-state index in [1.165, 1.54) is 25.0 Å². The summed E-state index contributed by atoms with van der Waals surface area (Å²) in [7, 11) is 0. The number of aliphatic hydroxyl groups is 1. The predicted octanol–water partition coefficient (Wildman–Crippen LogP) is 2.27. The summed E-state index contributed by atoms with van der Waals surface area (Å²) in [5, 5.41) is 13.4. The molecule has 2 N–H and O–H groups in total. The van der Waals surface area contributed by atoms with E-state index >= 15 is 0 Å². The van der Waals surface area contributed by atoms with E-state index in [-0.39, 0.29) is 0 Å². The van der Waals surface area contributed by atoms with Gasteiger partial charge in [0.05, 0.1) is 0 Å². The molecule has 0 saturated carbocycles. The second-order valence-electron chi connectivity index (χ2n) is 4.52. The highest BCUT2D eigenvalue weighted by Crippen LogP contribution is 2.25. The maximum atomic E-state index is 8.92. The van der Waals surface area contributed by atoms with Crippen LogP contribution in [0.15, 0.2) is 0 Å². The molecule has 3 unspecified atom stereocenters. The molecule has 3 atom stereocenters. The van der Waals surface area contributed by atoms with Crippen molar-refractivity contribution >= 4 is 11.8 Å². The summed E-state index contributed by atoms with van der Waals surface area (Å²) >= 11 is 2.09. The first-order valence-corrected chi connectivity index (χ1v) is 7.28. The van der Waals surface area contributed by atoms with Gasteiger partial charge in [-0.2, -0.15) is 11.8 Å². The fourth-order valence-electron chi connectivity index (χ4n) is 2.14. The van der Waals surface area contributed by atoms with Gasteiger partial charge >= 0.3 is 0 Å². The molecule has 0 aromatic carbocycles. The molecule has 3 heteroatoms. The van der Waals surface area contributed by atoms with E-state index in [1.54, 1.807) is 0 Å². The first-order valence-electron chi connectivity index (χ1n) is 6.23. The zero-order valence-electron chi connectivity index (χ0n) is 10.0.